The van der Waals surface area contributed by atoms with Gasteiger partial charge in [-0.1, -0.05) is 6.92 Å². The summed E-state index contributed by atoms with van der Waals surface area (Å²) >= 11 is 0. The van der Waals surface area contributed by atoms with Gasteiger partial charge in [0.05, 0.1) is 0 Å². The third-order valence-electron chi connectivity index (χ3n) is 3.98. The Kier molecular flexibility index (Phi) is 6.84. The number of piperidine rings is 1. The number of carboxylic acid groups (broad SMARTS) is 1. The number of likely N-dealkylation sites (tertiary alicyclic amines) is 1. The van der Waals surface area contributed by atoms with E-state index in [0.29, 0.717) is 25.3 Å². The van der Waals surface area contributed by atoms with Crippen LogP contribution in [0.4, 0.5) is 0 Å². The number of rotatable bonds is 7. The Bertz CT molecular complexity index is 299. The van der Waals surface area contributed by atoms with Crippen molar-refractivity contribution >= 4 is 11.9 Å². The van der Waals surface area contributed by atoms with Gasteiger partial charge < -0.3 is 14.9 Å². The second-order valence-electron chi connectivity index (χ2n) is 5.27. The minimum atomic E-state index is -0.784. The molecule has 19 heavy (non-hydrogen) atoms. The van der Waals surface area contributed by atoms with Crippen LogP contribution in [0.5, 0.6) is 0 Å². The molecule has 1 saturated heterocycles. The number of aliphatic carboxylic acids is 1. The fourth-order valence-corrected chi connectivity index (χ4v) is 2.56. The van der Waals surface area contributed by atoms with Crippen LogP contribution in [-0.2, 0) is 9.59 Å². The van der Waals surface area contributed by atoms with Crippen molar-refractivity contribution in [2.24, 2.45) is 0 Å². The number of amides is 1. The van der Waals surface area contributed by atoms with Gasteiger partial charge in [-0.3, -0.25) is 9.59 Å². The molecule has 0 saturated carbocycles. The van der Waals surface area contributed by atoms with Gasteiger partial charge in [0.1, 0.15) is 0 Å². The molecule has 1 fully saturated rings. The van der Waals surface area contributed by atoms with E-state index in [9.17, 15) is 9.59 Å². The zero-order valence-electron chi connectivity index (χ0n) is 12.1. The van der Waals surface area contributed by atoms with Gasteiger partial charge in [0.25, 0.3) is 0 Å². The van der Waals surface area contributed by atoms with E-state index in [1.807, 2.05) is 11.9 Å². The van der Waals surface area contributed by atoms with Crippen molar-refractivity contribution in [3.05, 3.63) is 0 Å². The van der Waals surface area contributed by atoms with E-state index < -0.39 is 5.97 Å². The molecule has 1 heterocycles. The molecule has 1 amide bonds. The Hall–Kier alpha value is -1.10. The first kappa shape index (κ1) is 16.0. The summed E-state index contributed by atoms with van der Waals surface area (Å²) < 4.78 is 0. The lowest BCUT2D eigenvalue weighted by Gasteiger charge is -2.36. The largest absolute Gasteiger partial charge is 0.481 e. The van der Waals surface area contributed by atoms with Crippen molar-refractivity contribution in [3.63, 3.8) is 0 Å². The van der Waals surface area contributed by atoms with E-state index >= 15 is 0 Å². The normalized spacial score (nSPS) is 17.4. The predicted molar refractivity (Wildman–Crippen MR) is 74.0 cm³/mol. The maximum atomic E-state index is 12.0. The molecule has 1 aliphatic rings. The highest BCUT2D eigenvalue weighted by Crippen LogP contribution is 2.16. The number of carboxylic acids is 1. The standard InChI is InChI=1S/C14H26N2O3/c1-3-16-10-8-12(9-11-16)15(2)13(17)6-4-5-7-14(18)19/h12H,3-11H2,1-2H3,(H,18,19). The third-order valence-corrected chi connectivity index (χ3v) is 3.98. The van der Waals surface area contributed by atoms with Crippen molar-refractivity contribution in [2.45, 2.75) is 51.5 Å². The predicted octanol–water partition coefficient (Wildman–Crippen LogP) is 1.57. The average Bonchev–Trinajstić information content (AvgIpc) is 2.42. The van der Waals surface area contributed by atoms with Gasteiger partial charge in [-0.05, 0) is 32.2 Å². The van der Waals surface area contributed by atoms with E-state index in [-0.39, 0.29) is 12.3 Å². The molecule has 110 valence electrons. The molecule has 0 spiro atoms. The van der Waals surface area contributed by atoms with Crippen LogP contribution in [0, 0.1) is 0 Å². The molecule has 0 unspecified atom stereocenters. The smallest absolute Gasteiger partial charge is 0.303 e. The van der Waals surface area contributed by atoms with Crippen LogP contribution in [0.1, 0.15) is 45.4 Å². The fourth-order valence-electron chi connectivity index (χ4n) is 2.56. The summed E-state index contributed by atoms with van der Waals surface area (Å²) in [5.41, 5.74) is 0. The van der Waals surface area contributed by atoms with Crippen LogP contribution in [0.2, 0.25) is 0 Å². The van der Waals surface area contributed by atoms with E-state index in [2.05, 4.69) is 11.8 Å². The van der Waals surface area contributed by atoms with Gasteiger partial charge in [0, 0.05) is 39.0 Å². The van der Waals surface area contributed by atoms with Gasteiger partial charge in [-0.15, -0.1) is 0 Å². The molecule has 1 aliphatic heterocycles. The quantitative estimate of drug-likeness (QED) is 0.713. The fraction of sp³-hybridized carbons (Fsp3) is 0.857. The molecular weight excluding hydrogens is 244 g/mol. The minimum absolute atomic E-state index is 0.153. The van der Waals surface area contributed by atoms with Crippen molar-refractivity contribution < 1.29 is 14.7 Å². The van der Waals surface area contributed by atoms with Crippen LogP contribution in [-0.4, -0.2) is 59.5 Å². The first-order valence-corrected chi connectivity index (χ1v) is 7.24. The van der Waals surface area contributed by atoms with Crippen LogP contribution in [0.15, 0.2) is 0 Å². The Morgan fingerprint density at radius 1 is 1.21 bits per heavy atom. The molecular formula is C14H26N2O3. The number of carbonyl (C=O) groups is 2. The minimum Gasteiger partial charge on any atom is -0.481 e. The highest BCUT2D eigenvalue weighted by atomic mass is 16.4. The molecule has 1 rings (SSSR count). The lowest BCUT2D eigenvalue weighted by atomic mass is 10.0. The van der Waals surface area contributed by atoms with Crippen LogP contribution in [0.3, 0.4) is 0 Å². The third kappa shape index (κ3) is 5.59. The monoisotopic (exact) mass is 270 g/mol. The summed E-state index contributed by atoms with van der Waals surface area (Å²) in [4.78, 5) is 26.7. The Morgan fingerprint density at radius 2 is 1.79 bits per heavy atom. The first-order valence-electron chi connectivity index (χ1n) is 7.24. The van der Waals surface area contributed by atoms with E-state index in [4.69, 9.17) is 5.11 Å². The lowest BCUT2D eigenvalue weighted by molar-refractivity contribution is -0.138. The molecule has 0 aromatic heterocycles. The van der Waals surface area contributed by atoms with Crippen molar-refractivity contribution in [1.29, 1.82) is 0 Å². The topological polar surface area (TPSA) is 60.9 Å². The highest BCUT2D eigenvalue weighted by molar-refractivity contribution is 5.76. The molecule has 5 nitrogen and oxygen atoms in total. The SMILES string of the molecule is CCN1CCC(N(C)C(=O)CCCCC(=O)O)CC1. The van der Waals surface area contributed by atoms with E-state index in [0.717, 1.165) is 32.5 Å². The number of hydrogen-bond donors (Lipinski definition) is 1. The Balaban J connectivity index is 2.23. The van der Waals surface area contributed by atoms with E-state index in [1.54, 1.807) is 0 Å². The number of unbranched alkanes of at least 4 members (excludes halogenated alkanes) is 1. The van der Waals surface area contributed by atoms with Gasteiger partial charge in [-0.2, -0.15) is 0 Å². The van der Waals surface area contributed by atoms with Gasteiger partial charge >= 0.3 is 5.97 Å². The maximum absolute atomic E-state index is 12.0. The maximum Gasteiger partial charge on any atom is 0.303 e. The van der Waals surface area contributed by atoms with Gasteiger partial charge in [0.15, 0.2) is 0 Å². The lowest BCUT2D eigenvalue weighted by Crippen LogP contribution is -2.45. The molecule has 0 atom stereocenters. The van der Waals surface area contributed by atoms with Crippen LogP contribution >= 0.6 is 0 Å². The summed E-state index contributed by atoms with van der Waals surface area (Å²) in [6, 6.07) is 0.356. The molecule has 0 aliphatic carbocycles. The van der Waals surface area contributed by atoms with Crippen LogP contribution < -0.4 is 0 Å². The van der Waals surface area contributed by atoms with Crippen molar-refractivity contribution in [1.82, 2.24) is 9.80 Å². The summed E-state index contributed by atoms with van der Waals surface area (Å²) in [7, 11) is 1.88. The zero-order chi connectivity index (χ0) is 14.3. The Morgan fingerprint density at radius 3 is 2.32 bits per heavy atom. The van der Waals surface area contributed by atoms with Gasteiger partial charge in [0.2, 0.25) is 5.91 Å². The molecule has 0 bridgehead atoms. The molecule has 5 heteroatoms. The van der Waals surface area contributed by atoms with Gasteiger partial charge in [-0.25, -0.2) is 0 Å². The second-order valence-corrected chi connectivity index (χ2v) is 5.27. The summed E-state index contributed by atoms with van der Waals surface area (Å²) in [6.07, 6.45) is 3.98. The van der Waals surface area contributed by atoms with Crippen molar-refractivity contribution in [3.8, 4) is 0 Å². The van der Waals surface area contributed by atoms with E-state index in [1.165, 1.54) is 0 Å². The second kappa shape index (κ2) is 8.15. The number of carbonyl (C=O) groups excluding carboxylic acids is 1. The number of nitrogens with zero attached hydrogens (tertiary/aromatic N) is 2. The molecule has 0 radical (unpaired) electrons. The Labute approximate surface area is 115 Å². The van der Waals surface area contributed by atoms with Crippen LogP contribution in [0.25, 0.3) is 0 Å². The number of hydrogen-bond acceptors (Lipinski definition) is 3. The van der Waals surface area contributed by atoms with Crippen molar-refractivity contribution in [2.75, 3.05) is 26.7 Å². The molecule has 0 aromatic rings. The summed E-state index contributed by atoms with van der Waals surface area (Å²) in [5, 5.41) is 8.54. The molecule has 0 aromatic carbocycles. The zero-order valence-corrected chi connectivity index (χ0v) is 12.1. The summed E-state index contributed by atoms with van der Waals surface area (Å²) in [5.74, 6) is -0.631. The summed E-state index contributed by atoms with van der Waals surface area (Å²) in [6.45, 7) is 5.38. The highest BCUT2D eigenvalue weighted by Gasteiger charge is 2.24. The average molecular weight is 270 g/mol. The first-order chi connectivity index (χ1) is 9.04. The molecule has 1 N–H and O–H groups in total.